The van der Waals surface area contributed by atoms with Crippen molar-refractivity contribution in [2.24, 2.45) is 0 Å². The third-order valence-corrected chi connectivity index (χ3v) is 4.84. The molecule has 0 spiro atoms. The maximum atomic E-state index is 12.6. The van der Waals surface area contributed by atoms with E-state index in [1.807, 2.05) is 24.5 Å². The second-order valence-corrected chi connectivity index (χ2v) is 6.83. The van der Waals surface area contributed by atoms with Crippen LogP contribution in [0.25, 0.3) is 11.0 Å². The van der Waals surface area contributed by atoms with E-state index in [-0.39, 0.29) is 12.4 Å². The number of aryl methyl sites for hydroxylation is 2. The number of carbonyl (C=O) groups excluding carboxylic acids is 1. The second-order valence-electron chi connectivity index (χ2n) is 6.42. The van der Waals surface area contributed by atoms with Gasteiger partial charge in [0.25, 0.3) is 0 Å². The van der Waals surface area contributed by atoms with Crippen molar-refractivity contribution in [3.63, 3.8) is 0 Å². The molecule has 6 heteroatoms. The summed E-state index contributed by atoms with van der Waals surface area (Å²) >= 11 is 6.28. The molecule has 0 saturated carbocycles. The molecule has 0 atom stereocenters. The van der Waals surface area contributed by atoms with Crippen LogP contribution in [0.3, 0.4) is 0 Å². The summed E-state index contributed by atoms with van der Waals surface area (Å²) in [5, 5.41) is 1.08. The number of carbonyl (C=O) groups is 1. The molecular weight excluding hydrogens is 366 g/mol. The molecule has 0 aliphatic rings. The molecular formula is C21H20ClNO4. The summed E-state index contributed by atoms with van der Waals surface area (Å²) in [6.45, 7) is 9.85. The van der Waals surface area contributed by atoms with E-state index < -0.39 is 5.63 Å². The molecule has 0 N–H and O–H groups in total. The Kier molecular flexibility index (Phi) is 5.24. The molecule has 0 amide bonds. The summed E-state index contributed by atoms with van der Waals surface area (Å²) in [5.41, 5.74) is 3.15. The van der Waals surface area contributed by atoms with E-state index in [0.29, 0.717) is 28.5 Å². The van der Waals surface area contributed by atoms with Crippen LogP contribution in [-0.4, -0.2) is 17.0 Å². The lowest BCUT2D eigenvalue weighted by Gasteiger charge is -2.10. The highest BCUT2D eigenvalue weighted by molar-refractivity contribution is 6.32. The van der Waals surface area contributed by atoms with Crippen LogP contribution in [0, 0.1) is 20.8 Å². The molecule has 3 aromatic rings. The predicted molar refractivity (Wildman–Crippen MR) is 106 cm³/mol. The molecule has 1 aromatic carbocycles. The van der Waals surface area contributed by atoms with Crippen LogP contribution < -0.4 is 10.4 Å². The number of ether oxygens (including phenoxy) is 1. The number of benzene rings is 1. The fourth-order valence-electron chi connectivity index (χ4n) is 3.14. The van der Waals surface area contributed by atoms with Gasteiger partial charge >= 0.3 is 5.63 Å². The van der Waals surface area contributed by atoms with E-state index in [9.17, 15) is 9.59 Å². The molecule has 0 bridgehead atoms. The zero-order valence-corrected chi connectivity index (χ0v) is 16.2. The van der Waals surface area contributed by atoms with E-state index in [1.54, 1.807) is 25.1 Å². The zero-order chi connectivity index (χ0) is 19.7. The fraction of sp³-hybridized carbons (Fsp3) is 0.238. The van der Waals surface area contributed by atoms with Crippen molar-refractivity contribution < 1.29 is 13.9 Å². The van der Waals surface area contributed by atoms with Gasteiger partial charge in [0.2, 0.25) is 5.78 Å². The number of Topliss-reactive ketones (excluding diaryl/α,β-unsaturated/α-hetero) is 1. The van der Waals surface area contributed by atoms with Crippen LogP contribution in [-0.2, 0) is 6.54 Å². The number of hydrogen-bond acceptors (Lipinski definition) is 4. The standard InChI is InChI=1S/C21H20ClNO4/c1-5-6-23-13(3)8-16(14(23)4)18(24)11-26-20-10-19-15(9-17(20)22)12(2)7-21(25)27-19/h5,7-10H,1,6,11H2,2-4H3. The Hall–Kier alpha value is -2.79. The summed E-state index contributed by atoms with van der Waals surface area (Å²) in [7, 11) is 0. The number of hydrogen-bond donors (Lipinski definition) is 0. The van der Waals surface area contributed by atoms with Crippen LogP contribution in [0.5, 0.6) is 5.75 Å². The van der Waals surface area contributed by atoms with Gasteiger partial charge in [-0.3, -0.25) is 4.79 Å². The highest BCUT2D eigenvalue weighted by Gasteiger charge is 2.17. The molecule has 2 aromatic heterocycles. The second kappa shape index (κ2) is 7.45. The maximum absolute atomic E-state index is 12.6. The van der Waals surface area contributed by atoms with E-state index in [4.69, 9.17) is 20.8 Å². The summed E-state index contributed by atoms with van der Waals surface area (Å²) in [5.74, 6) is 0.145. The fourth-order valence-corrected chi connectivity index (χ4v) is 3.36. The van der Waals surface area contributed by atoms with E-state index >= 15 is 0 Å². The Bertz CT molecular complexity index is 1110. The Morgan fingerprint density at radius 3 is 2.70 bits per heavy atom. The number of allylic oxidation sites excluding steroid dienone is 1. The number of ketones is 1. The smallest absolute Gasteiger partial charge is 0.336 e. The summed E-state index contributed by atoms with van der Waals surface area (Å²) in [6, 6.07) is 6.46. The summed E-state index contributed by atoms with van der Waals surface area (Å²) in [6.07, 6.45) is 1.79. The van der Waals surface area contributed by atoms with Crippen LogP contribution in [0.15, 0.2) is 46.1 Å². The van der Waals surface area contributed by atoms with E-state index in [0.717, 1.165) is 22.3 Å². The van der Waals surface area contributed by atoms with Crippen molar-refractivity contribution >= 4 is 28.4 Å². The van der Waals surface area contributed by atoms with Gasteiger partial charge in [-0.1, -0.05) is 17.7 Å². The first kappa shape index (κ1) is 19.0. The van der Waals surface area contributed by atoms with Crippen molar-refractivity contribution in [3.8, 4) is 5.75 Å². The number of rotatable bonds is 6. The van der Waals surface area contributed by atoms with Crippen molar-refractivity contribution in [1.29, 1.82) is 0 Å². The molecule has 2 heterocycles. The van der Waals surface area contributed by atoms with Crippen LogP contribution in [0.1, 0.15) is 27.3 Å². The van der Waals surface area contributed by atoms with Crippen LogP contribution >= 0.6 is 11.6 Å². The van der Waals surface area contributed by atoms with Crippen molar-refractivity contribution in [1.82, 2.24) is 4.57 Å². The molecule has 0 saturated heterocycles. The number of fused-ring (bicyclic) bond motifs is 1. The minimum Gasteiger partial charge on any atom is -0.484 e. The third kappa shape index (κ3) is 3.69. The van der Waals surface area contributed by atoms with E-state index in [2.05, 4.69) is 6.58 Å². The van der Waals surface area contributed by atoms with Gasteiger partial charge in [-0.2, -0.15) is 0 Å². The van der Waals surface area contributed by atoms with Gasteiger partial charge in [-0.15, -0.1) is 6.58 Å². The van der Waals surface area contributed by atoms with Crippen molar-refractivity contribution in [2.75, 3.05) is 6.61 Å². The Morgan fingerprint density at radius 2 is 2.00 bits per heavy atom. The minimum absolute atomic E-state index is 0.153. The lowest BCUT2D eigenvalue weighted by atomic mass is 10.1. The lowest BCUT2D eigenvalue weighted by Crippen LogP contribution is -2.13. The molecule has 0 unspecified atom stereocenters. The maximum Gasteiger partial charge on any atom is 0.336 e. The summed E-state index contributed by atoms with van der Waals surface area (Å²) < 4.78 is 12.8. The summed E-state index contributed by atoms with van der Waals surface area (Å²) in [4.78, 5) is 24.2. The minimum atomic E-state index is -0.445. The molecule has 27 heavy (non-hydrogen) atoms. The number of halogens is 1. The van der Waals surface area contributed by atoms with Gasteiger partial charge in [-0.05, 0) is 38.5 Å². The van der Waals surface area contributed by atoms with Crippen molar-refractivity contribution in [2.45, 2.75) is 27.3 Å². The molecule has 0 radical (unpaired) electrons. The zero-order valence-electron chi connectivity index (χ0n) is 15.5. The Balaban J connectivity index is 1.85. The number of nitrogens with zero attached hydrogens (tertiary/aromatic N) is 1. The first-order chi connectivity index (χ1) is 12.8. The van der Waals surface area contributed by atoms with Gasteiger partial charge in [0.1, 0.15) is 11.3 Å². The first-order valence-electron chi connectivity index (χ1n) is 8.49. The highest BCUT2D eigenvalue weighted by atomic mass is 35.5. The molecule has 5 nitrogen and oxygen atoms in total. The van der Waals surface area contributed by atoms with Gasteiger partial charge in [0.05, 0.1) is 5.02 Å². The lowest BCUT2D eigenvalue weighted by molar-refractivity contribution is 0.0921. The molecule has 0 aliphatic carbocycles. The third-order valence-electron chi connectivity index (χ3n) is 4.55. The van der Waals surface area contributed by atoms with Gasteiger partial charge in [0.15, 0.2) is 6.61 Å². The predicted octanol–water partition coefficient (Wildman–Crippen LogP) is 4.62. The van der Waals surface area contributed by atoms with Crippen LogP contribution in [0.2, 0.25) is 5.02 Å². The average Bonchev–Trinajstić information content (AvgIpc) is 2.89. The molecule has 3 rings (SSSR count). The quantitative estimate of drug-likeness (QED) is 0.353. The normalized spacial score (nSPS) is 11.0. The monoisotopic (exact) mass is 385 g/mol. The molecule has 0 fully saturated rings. The molecule has 0 aliphatic heterocycles. The number of aromatic nitrogens is 1. The van der Waals surface area contributed by atoms with Gasteiger partial charge in [-0.25, -0.2) is 4.79 Å². The Labute approximate surface area is 161 Å². The van der Waals surface area contributed by atoms with Crippen LogP contribution in [0.4, 0.5) is 0 Å². The first-order valence-corrected chi connectivity index (χ1v) is 8.87. The Morgan fingerprint density at radius 1 is 1.26 bits per heavy atom. The highest BCUT2D eigenvalue weighted by Crippen LogP contribution is 2.31. The SMILES string of the molecule is C=CCn1c(C)cc(C(=O)COc2cc3oc(=O)cc(C)c3cc2Cl)c1C. The largest absolute Gasteiger partial charge is 0.484 e. The average molecular weight is 386 g/mol. The van der Waals surface area contributed by atoms with Gasteiger partial charge < -0.3 is 13.7 Å². The van der Waals surface area contributed by atoms with Gasteiger partial charge in [0, 0.05) is 41.0 Å². The van der Waals surface area contributed by atoms with Crippen molar-refractivity contribution in [3.05, 3.63) is 74.9 Å². The topological polar surface area (TPSA) is 61.4 Å². The van der Waals surface area contributed by atoms with E-state index in [1.165, 1.54) is 6.07 Å². The molecule has 140 valence electrons.